The van der Waals surface area contributed by atoms with Gasteiger partial charge in [-0.05, 0) is 49.0 Å². The molecule has 1 heterocycles. The summed E-state index contributed by atoms with van der Waals surface area (Å²) in [7, 11) is 0. The molecule has 1 aliphatic carbocycles. The van der Waals surface area contributed by atoms with Crippen LogP contribution >= 0.6 is 0 Å². The van der Waals surface area contributed by atoms with Crippen molar-refractivity contribution in [1.29, 1.82) is 0 Å². The van der Waals surface area contributed by atoms with Gasteiger partial charge in [0.2, 0.25) is 0 Å². The van der Waals surface area contributed by atoms with E-state index in [9.17, 15) is 0 Å². The Morgan fingerprint density at radius 3 is 3.06 bits per heavy atom. The van der Waals surface area contributed by atoms with Gasteiger partial charge in [-0.25, -0.2) is 0 Å². The fraction of sp³-hybridized carbons (Fsp3) is 0.529. The van der Waals surface area contributed by atoms with E-state index in [2.05, 4.69) is 43.6 Å². The lowest BCUT2D eigenvalue weighted by Gasteiger charge is -2.21. The predicted octanol–water partition coefficient (Wildman–Crippen LogP) is 4.63. The van der Waals surface area contributed by atoms with Gasteiger partial charge in [0, 0.05) is 17.8 Å². The molecule has 0 aromatic rings. The van der Waals surface area contributed by atoms with Crippen LogP contribution in [0.15, 0.2) is 45.7 Å². The molecule has 0 amide bonds. The Bertz CT molecular complexity index is 468. The minimum Gasteiger partial charge on any atom is -0.289 e. The number of aliphatic imine (C=N–C) groups is 1. The fourth-order valence-corrected chi connectivity index (χ4v) is 2.89. The molecule has 0 saturated heterocycles. The van der Waals surface area contributed by atoms with Crippen molar-refractivity contribution in [2.24, 2.45) is 10.9 Å². The Morgan fingerprint density at radius 2 is 2.28 bits per heavy atom. The Kier molecular flexibility index (Phi) is 4.38. The molecule has 1 atom stereocenters. The first-order valence-corrected chi connectivity index (χ1v) is 7.09. The zero-order valence-electron chi connectivity index (χ0n) is 11.8. The lowest BCUT2D eigenvalue weighted by molar-refractivity contribution is 0.523. The van der Waals surface area contributed by atoms with E-state index in [4.69, 9.17) is 0 Å². The van der Waals surface area contributed by atoms with E-state index >= 15 is 0 Å². The molecule has 1 unspecified atom stereocenters. The molecule has 2 rings (SSSR count). The second kappa shape index (κ2) is 6.02. The lowest BCUT2D eigenvalue weighted by Crippen LogP contribution is -2.12. The fourth-order valence-electron chi connectivity index (χ4n) is 2.89. The molecule has 0 fully saturated rings. The monoisotopic (exact) mass is 241 g/mol. The van der Waals surface area contributed by atoms with E-state index in [0.717, 1.165) is 25.3 Å². The summed E-state index contributed by atoms with van der Waals surface area (Å²) < 4.78 is 0. The normalized spacial score (nSPS) is 20.2. The molecule has 1 aliphatic heterocycles. The first-order chi connectivity index (χ1) is 8.72. The van der Waals surface area contributed by atoms with Gasteiger partial charge in [0.05, 0.1) is 0 Å². The molecular formula is C17H23N. The molecule has 18 heavy (non-hydrogen) atoms. The van der Waals surface area contributed by atoms with Crippen molar-refractivity contribution < 1.29 is 0 Å². The molecule has 0 aromatic carbocycles. The molecule has 0 spiro atoms. The molecule has 1 heteroatoms. The molecule has 96 valence electrons. The molecule has 0 saturated carbocycles. The maximum Gasteiger partial charge on any atom is 0.0433 e. The van der Waals surface area contributed by atoms with Gasteiger partial charge in [0.25, 0.3) is 0 Å². The Labute approximate surface area is 111 Å². The molecule has 0 aromatic heterocycles. The third kappa shape index (κ3) is 2.91. The summed E-state index contributed by atoms with van der Waals surface area (Å²) in [6, 6.07) is 0. The van der Waals surface area contributed by atoms with Gasteiger partial charge in [-0.1, -0.05) is 32.8 Å². The van der Waals surface area contributed by atoms with Crippen LogP contribution in [0.4, 0.5) is 0 Å². The van der Waals surface area contributed by atoms with Crippen molar-refractivity contribution in [3.63, 3.8) is 0 Å². The van der Waals surface area contributed by atoms with Gasteiger partial charge < -0.3 is 0 Å². The summed E-state index contributed by atoms with van der Waals surface area (Å²) in [5, 5.41) is 0. The van der Waals surface area contributed by atoms with Crippen LogP contribution in [0.2, 0.25) is 0 Å². The Balaban J connectivity index is 2.33. The van der Waals surface area contributed by atoms with Crippen molar-refractivity contribution in [3.05, 3.63) is 40.7 Å². The number of rotatable bonds is 4. The highest BCUT2D eigenvalue weighted by Crippen LogP contribution is 2.30. The van der Waals surface area contributed by atoms with E-state index in [-0.39, 0.29) is 0 Å². The average Bonchev–Trinajstić information content (AvgIpc) is 2.53. The second-order valence-electron chi connectivity index (χ2n) is 5.38. The van der Waals surface area contributed by atoms with Crippen LogP contribution in [0.5, 0.6) is 0 Å². The van der Waals surface area contributed by atoms with Gasteiger partial charge in [-0.3, -0.25) is 4.99 Å². The van der Waals surface area contributed by atoms with E-state index < -0.39 is 0 Å². The molecule has 2 aliphatic rings. The molecular weight excluding hydrogens is 218 g/mol. The van der Waals surface area contributed by atoms with E-state index in [0.29, 0.717) is 0 Å². The summed E-state index contributed by atoms with van der Waals surface area (Å²) >= 11 is 0. The second-order valence-corrected chi connectivity index (χ2v) is 5.38. The van der Waals surface area contributed by atoms with Gasteiger partial charge in [0.1, 0.15) is 0 Å². The minimum absolute atomic E-state index is 0.740. The highest BCUT2D eigenvalue weighted by molar-refractivity contribution is 6.04. The number of nitrogens with zero attached hydrogens (tertiary/aromatic N) is 1. The molecule has 1 nitrogen and oxygen atoms in total. The first-order valence-electron chi connectivity index (χ1n) is 7.09. The lowest BCUT2D eigenvalue weighted by atomic mass is 9.87. The summed E-state index contributed by atoms with van der Waals surface area (Å²) in [6.45, 7) is 7.69. The van der Waals surface area contributed by atoms with Crippen LogP contribution < -0.4 is 0 Å². The number of allylic oxidation sites excluding steroid dienone is 4. The summed E-state index contributed by atoms with van der Waals surface area (Å²) in [4.78, 5) is 4.62. The predicted molar refractivity (Wildman–Crippen MR) is 79.0 cm³/mol. The zero-order valence-corrected chi connectivity index (χ0v) is 11.8. The highest BCUT2D eigenvalue weighted by atomic mass is 14.7. The quantitative estimate of drug-likeness (QED) is 0.637. The van der Waals surface area contributed by atoms with Crippen molar-refractivity contribution in [1.82, 2.24) is 0 Å². The van der Waals surface area contributed by atoms with Crippen LogP contribution in [-0.4, -0.2) is 12.3 Å². The van der Waals surface area contributed by atoms with Crippen LogP contribution in [-0.2, 0) is 0 Å². The largest absolute Gasteiger partial charge is 0.289 e. The Hall–Kier alpha value is -1.33. The van der Waals surface area contributed by atoms with Crippen molar-refractivity contribution in [2.75, 3.05) is 6.54 Å². The minimum atomic E-state index is 0.740. The van der Waals surface area contributed by atoms with Crippen LogP contribution in [0, 0.1) is 5.92 Å². The summed E-state index contributed by atoms with van der Waals surface area (Å²) in [5.41, 5.74) is 8.76. The molecule has 0 bridgehead atoms. The Morgan fingerprint density at radius 1 is 1.44 bits per heavy atom. The van der Waals surface area contributed by atoms with Crippen molar-refractivity contribution in [3.8, 4) is 0 Å². The SMILES string of the molecule is CCCC(C)CC1=C2C(=CC=C=C1)CCN=C2C. The summed E-state index contributed by atoms with van der Waals surface area (Å²) in [6.07, 6.45) is 11.2. The van der Waals surface area contributed by atoms with Crippen molar-refractivity contribution in [2.45, 2.75) is 46.5 Å². The topological polar surface area (TPSA) is 12.4 Å². The van der Waals surface area contributed by atoms with Crippen LogP contribution in [0.3, 0.4) is 0 Å². The summed E-state index contributed by atoms with van der Waals surface area (Å²) in [5.74, 6) is 0.740. The van der Waals surface area contributed by atoms with Crippen molar-refractivity contribution >= 4 is 5.71 Å². The van der Waals surface area contributed by atoms with Crippen LogP contribution in [0.25, 0.3) is 0 Å². The number of fused-ring (bicyclic) bond motifs is 1. The third-order valence-electron chi connectivity index (χ3n) is 3.72. The zero-order chi connectivity index (χ0) is 13.0. The van der Waals surface area contributed by atoms with Gasteiger partial charge >= 0.3 is 0 Å². The van der Waals surface area contributed by atoms with Gasteiger partial charge in [-0.15, -0.1) is 5.73 Å². The number of hydrogen-bond donors (Lipinski definition) is 0. The smallest absolute Gasteiger partial charge is 0.0433 e. The number of hydrogen-bond acceptors (Lipinski definition) is 1. The van der Waals surface area contributed by atoms with E-state index in [1.54, 1.807) is 0 Å². The first kappa shape index (κ1) is 13.1. The molecule has 0 radical (unpaired) electrons. The van der Waals surface area contributed by atoms with Gasteiger partial charge in [-0.2, -0.15) is 0 Å². The standard InChI is InChI=1S/C17H23N/c1-4-7-13(2)12-16-9-6-5-8-15-10-11-18-14(3)17(15)16/h5,8-9,13H,4,7,10-12H2,1-3H3. The van der Waals surface area contributed by atoms with E-state index in [1.807, 2.05) is 6.08 Å². The third-order valence-corrected chi connectivity index (χ3v) is 3.72. The van der Waals surface area contributed by atoms with E-state index in [1.165, 1.54) is 35.3 Å². The maximum absolute atomic E-state index is 4.62. The average molecular weight is 241 g/mol. The highest BCUT2D eigenvalue weighted by Gasteiger charge is 2.18. The molecule has 0 N–H and O–H groups in total. The van der Waals surface area contributed by atoms with Crippen LogP contribution in [0.1, 0.15) is 46.5 Å². The maximum atomic E-state index is 4.62. The van der Waals surface area contributed by atoms with Gasteiger partial charge in [0.15, 0.2) is 0 Å².